The van der Waals surface area contributed by atoms with Crippen molar-refractivity contribution >= 4 is 23.2 Å². The van der Waals surface area contributed by atoms with E-state index < -0.39 is 0 Å². The highest BCUT2D eigenvalue weighted by Crippen LogP contribution is 2.19. The number of benzene rings is 2. The Labute approximate surface area is 170 Å². The molecule has 0 fully saturated rings. The topological polar surface area (TPSA) is 71.3 Å². The van der Waals surface area contributed by atoms with Crippen LogP contribution in [0.2, 0.25) is 0 Å². The van der Waals surface area contributed by atoms with Crippen LogP contribution in [0.4, 0.5) is 11.4 Å². The summed E-state index contributed by atoms with van der Waals surface area (Å²) >= 11 is 0. The van der Waals surface area contributed by atoms with Crippen molar-refractivity contribution in [3.05, 3.63) is 84.2 Å². The van der Waals surface area contributed by atoms with Gasteiger partial charge in [-0.2, -0.15) is 4.57 Å². The first-order chi connectivity index (χ1) is 14.1. The molecule has 0 atom stereocenters. The molecule has 1 heterocycles. The van der Waals surface area contributed by atoms with E-state index in [1.165, 1.54) is 0 Å². The second-order valence-corrected chi connectivity index (χ2v) is 6.48. The number of carbonyl (C=O) groups is 2. The molecule has 0 aliphatic rings. The Kier molecular flexibility index (Phi) is 6.58. The Morgan fingerprint density at radius 3 is 2.38 bits per heavy atom. The van der Waals surface area contributed by atoms with Crippen molar-refractivity contribution in [2.45, 2.75) is 20.4 Å². The summed E-state index contributed by atoms with van der Waals surface area (Å²) < 4.78 is 7.25. The first kappa shape index (κ1) is 20.1. The van der Waals surface area contributed by atoms with Crippen LogP contribution >= 0.6 is 0 Å². The van der Waals surface area contributed by atoms with Crippen molar-refractivity contribution < 1.29 is 18.9 Å². The molecular weight excluding hydrogens is 366 g/mol. The Morgan fingerprint density at radius 2 is 1.66 bits per heavy atom. The van der Waals surface area contributed by atoms with Gasteiger partial charge in [0.15, 0.2) is 11.9 Å². The highest BCUT2D eigenvalue weighted by Gasteiger charge is 2.16. The van der Waals surface area contributed by atoms with Gasteiger partial charge in [-0.15, -0.1) is 0 Å². The van der Waals surface area contributed by atoms with Gasteiger partial charge in [-0.25, -0.2) is 0 Å². The van der Waals surface area contributed by atoms with E-state index in [4.69, 9.17) is 4.74 Å². The van der Waals surface area contributed by atoms with Crippen LogP contribution in [0.15, 0.2) is 72.9 Å². The van der Waals surface area contributed by atoms with Crippen molar-refractivity contribution in [3.8, 4) is 5.75 Å². The average molecular weight is 390 g/mol. The molecule has 0 spiro atoms. The molecule has 0 aliphatic heterocycles. The largest absolute Gasteiger partial charge is 0.494 e. The molecule has 2 N–H and O–H groups in total. The number of ether oxygens (including phenoxy) is 1. The van der Waals surface area contributed by atoms with Gasteiger partial charge in [-0.1, -0.05) is 18.2 Å². The van der Waals surface area contributed by atoms with Crippen LogP contribution in [-0.2, 0) is 11.3 Å². The lowest BCUT2D eigenvalue weighted by Gasteiger charge is -2.11. The van der Waals surface area contributed by atoms with E-state index >= 15 is 0 Å². The van der Waals surface area contributed by atoms with E-state index in [1.54, 1.807) is 48.5 Å². The molecule has 0 saturated carbocycles. The summed E-state index contributed by atoms with van der Waals surface area (Å²) in [5.74, 6) is 0.242. The van der Waals surface area contributed by atoms with Crippen LogP contribution in [0.25, 0.3) is 0 Å². The third-order valence-electron chi connectivity index (χ3n) is 4.35. The minimum atomic E-state index is -0.298. The zero-order chi connectivity index (χ0) is 20.6. The van der Waals surface area contributed by atoms with Crippen molar-refractivity contribution in [2.75, 3.05) is 17.2 Å². The van der Waals surface area contributed by atoms with E-state index in [-0.39, 0.29) is 18.4 Å². The summed E-state index contributed by atoms with van der Waals surface area (Å²) in [7, 11) is 0. The molecule has 1 aromatic heterocycles. The van der Waals surface area contributed by atoms with Crippen LogP contribution < -0.4 is 19.9 Å². The van der Waals surface area contributed by atoms with Crippen LogP contribution in [0.1, 0.15) is 23.0 Å². The van der Waals surface area contributed by atoms with Gasteiger partial charge >= 0.3 is 0 Å². The zero-order valence-electron chi connectivity index (χ0n) is 16.5. The lowest BCUT2D eigenvalue weighted by Crippen LogP contribution is -2.42. The predicted octanol–water partition coefficient (Wildman–Crippen LogP) is 3.57. The standard InChI is InChI=1S/C23H23N3O3/c1-3-29-19-13-11-18(12-14-19)24-23(28)20-9-4-5-10-21(20)25-22(27)16-26-15-7-6-8-17(26)2/h4-15H,3,16H2,1-2H3,(H-,24,25,27,28)/p+1. The summed E-state index contributed by atoms with van der Waals surface area (Å²) in [4.78, 5) is 25.2. The van der Waals surface area contributed by atoms with Gasteiger partial charge in [-0.3, -0.25) is 9.59 Å². The maximum Gasteiger partial charge on any atom is 0.290 e. The van der Waals surface area contributed by atoms with Gasteiger partial charge in [0.25, 0.3) is 11.8 Å². The summed E-state index contributed by atoms with van der Waals surface area (Å²) in [6.45, 7) is 4.60. The number of hydrogen-bond acceptors (Lipinski definition) is 3. The Balaban J connectivity index is 1.70. The molecule has 0 saturated heterocycles. The number of para-hydroxylation sites is 1. The molecule has 2 amide bonds. The van der Waals surface area contributed by atoms with Crippen molar-refractivity contribution in [2.24, 2.45) is 0 Å². The number of aryl methyl sites for hydroxylation is 1. The molecule has 3 rings (SSSR count). The number of amides is 2. The lowest BCUT2D eigenvalue weighted by atomic mass is 10.1. The summed E-state index contributed by atoms with van der Waals surface area (Å²) in [5.41, 5.74) is 2.49. The van der Waals surface area contributed by atoms with Crippen LogP contribution in [0.5, 0.6) is 5.75 Å². The Hall–Kier alpha value is -3.67. The SMILES string of the molecule is CCOc1ccc(NC(=O)c2ccccc2NC(=O)C[n+]2ccccc2C)cc1. The third kappa shape index (κ3) is 5.42. The average Bonchev–Trinajstić information content (AvgIpc) is 2.72. The maximum atomic E-state index is 12.7. The summed E-state index contributed by atoms with van der Waals surface area (Å²) in [5, 5.41) is 5.69. The predicted molar refractivity (Wildman–Crippen MR) is 112 cm³/mol. The molecule has 6 nitrogen and oxygen atoms in total. The molecular formula is C23H24N3O3+. The van der Waals surface area contributed by atoms with E-state index in [0.717, 1.165) is 11.4 Å². The minimum absolute atomic E-state index is 0.168. The van der Waals surface area contributed by atoms with Gasteiger partial charge in [0.1, 0.15) is 5.75 Å². The van der Waals surface area contributed by atoms with E-state index in [1.807, 2.05) is 42.8 Å². The summed E-state index contributed by atoms with van der Waals surface area (Å²) in [6, 6.07) is 19.8. The Morgan fingerprint density at radius 1 is 0.931 bits per heavy atom. The number of carbonyl (C=O) groups excluding carboxylic acids is 2. The number of rotatable bonds is 7. The number of hydrogen-bond donors (Lipinski definition) is 2. The second-order valence-electron chi connectivity index (χ2n) is 6.48. The number of anilines is 2. The van der Waals surface area contributed by atoms with Gasteiger partial charge in [0.05, 0.1) is 17.9 Å². The lowest BCUT2D eigenvalue weighted by molar-refractivity contribution is -0.690. The molecule has 29 heavy (non-hydrogen) atoms. The molecule has 0 unspecified atom stereocenters. The molecule has 2 aromatic carbocycles. The fourth-order valence-electron chi connectivity index (χ4n) is 2.87. The number of aromatic nitrogens is 1. The molecule has 0 radical (unpaired) electrons. The third-order valence-corrected chi connectivity index (χ3v) is 4.35. The highest BCUT2D eigenvalue weighted by atomic mass is 16.5. The van der Waals surface area contributed by atoms with Crippen molar-refractivity contribution in [1.29, 1.82) is 0 Å². The number of nitrogens with one attached hydrogen (secondary N) is 2. The molecule has 3 aromatic rings. The molecule has 0 bridgehead atoms. The maximum absolute atomic E-state index is 12.7. The molecule has 148 valence electrons. The van der Waals surface area contributed by atoms with Gasteiger partial charge < -0.3 is 15.4 Å². The fourth-order valence-corrected chi connectivity index (χ4v) is 2.87. The number of pyridine rings is 1. The summed E-state index contributed by atoms with van der Waals surface area (Å²) in [6.07, 6.45) is 1.85. The van der Waals surface area contributed by atoms with E-state index in [0.29, 0.717) is 23.5 Å². The zero-order valence-corrected chi connectivity index (χ0v) is 16.5. The van der Waals surface area contributed by atoms with Crippen molar-refractivity contribution in [1.82, 2.24) is 0 Å². The minimum Gasteiger partial charge on any atom is -0.494 e. The fraction of sp³-hybridized carbons (Fsp3) is 0.174. The molecule has 0 aliphatic carbocycles. The molecule has 6 heteroatoms. The second kappa shape index (κ2) is 9.50. The number of nitrogens with zero attached hydrogens (tertiary/aromatic N) is 1. The smallest absolute Gasteiger partial charge is 0.290 e. The van der Waals surface area contributed by atoms with Gasteiger partial charge in [0, 0.05) is 24.7 Å². The van der Waals surface area contributed by atoms with Gasteiger partial charge in [0.2, 0.25) is 6.54 Å². The van der Waals surface area contributed by atoms with E-state index in [2.05, 4.69) is 10.6 Å². The van der Waals surface area contributed by atoms with Crippen LogP contribution in [-0.4, -0.2) is 18.4 Å². The van der Waals surface area contributed by atoms with E-state index in [9.17, 15) is 9.59 Å². The Bertz CT molecular complexity index is 1000. The van der Waals surface area contributed by atoms with Crippen molar-refractivity contribution in [3.63, 3.8) is 0 Å². The highest BCUT2D eigenvalue weighted by molar-refractivity contribution is 6.10. The van der Waals surface area contributed by atoms with Gasteiger partial charge in [-0.05, 0) is 43.3 Å². The quantitative estimate of drug-likeness (QED) is 0.606. The normalized spacial score (nSPS) is 10.3. The first-order valence-electron chi connectivity index (χ1n) is 9.45. The monoisotopic (exact) mass is 390 g/mol. The van der Waals surface area contributed by atoms with Crippen LogP contribution in [0, 0.1) is 6.92 Å². The van der Waals surface area contributed by atoms with Crippen LogP contribution in [0.3, 0.4) is 0 Å². The first-order valence-corrected chi connectivity index (χ1v) is 9.45.